The van der Waals surface area contributed by atoms with Crippen molar-refractivity contribution in [2.24, 2.45) is 5.92 Å². The van der Waals surface area contributed by atoms with Crippen LogP contribution in [-0.2, 0) is 4.79 Å². The molecule has 0 unspecified atom stereocenters. The van der Waals surface area contributed by atoms with Crippen molar-refractivity contribution < 1.29 is 4.79 Å². The summed E-state index contributed by atoms with van der Waals surface area (Å²) in [6.07, 6.45) is 4.57. The highest BCUT2D eigenvalue weighted by atomic mass is 16.1. The second kappa shape index (κ2) is 5.30. The highest BCUT2D eigenvalue weighted by Gasteiger charge is 2.22. The topological polar surface area (TPSA) is 20.3 Å². The predicted molar refractivity (Wildman–Crippen MR) is 59.3 cm³/mol. The minimum absolute atomic E-state index is 0.195. The average Bonchev–Trinajstić information content (AvgIpc) is 2.18. The van der Waals surface area contributed by atoms with Crippen molar-refractivity contribution in [2.75, 3.05) is 13.1 Å². The zero-order valence-corrected chi connectivity index (χ0v) is 9.33. The monoisotopic (exact) mass is 195 g/mol. The summed E-state index contributed by atoms with van der Waals surface area (Å²) < 4.78 is 0. The lowest BCUT2D eigenvalue weighted by atomic mass is 9.92. The number of piperidine rings is 1. The van der Waals surface area contributed by atoms with Crippen molar-refractivity contribution in [1.29, 1.82) is 0 Å². The fourth-order valence-corrected chi connectivity index (χ4v) is 2.10. The standard InChI is InChI=1S/C12H21NO/c1-4-12(14)8-11-6-5-7-13(9-11)10(2)3/h4,10-11H,1,5-9H2,2-3H3/t11-/m1/s1. The van der Waals surface area contributed by atoms with E-state index < -0.39 is 0 Å². The van der Waals surface area contributed by atoms with Crippen LogP contribution >= 0.6 is 0 Å². The van der Waals surface area contributed by atoms with Crippen LogP contribution in [0.2, 0.25) is 0 Å². The van der Waals surface area contributed by atoms with E-state index in [1.54, 1.807) is 0 Å². The third-order valence-corrected chi connectivity index (χ3v) is 3.00. The molecule has 0 aromatic carbocycles. The maximum absolute atomic E-state index is 11.2. The van der Waals surface area contributed by atoms with Gasteiger partial charge in [0.1, 0.15) is 0 Å². The Balaban J connectivity index is 2.39. The van der Waals surface area contributed by atoms with Gasteiger partial charge in [-0.2, -0.15) is 0 Å². The highest BCUT2D eigenvalue weighted by Crippen LogP contribution is 2.21. The summed E-state index contributed by atoms with van der Waals surface area (Å²) in [5, 5.41) is 0. The number of carbonyl (C=O) groups excluding carboxylic acids is 1. The minimum Gasteiger partial charge on any atom is -0.301 e. The maximum Gasteiger partial charge on any atom is 0.155 e. The summed E-state index contributed by atoms with van der Waals surface area (Å²) in [6.45, 7) is 10.2. The van der Waals surface area contributed by atoms with E-state index in [-0.39, 0.29) is 5.78 Å². The first kappa shape index (κ1) is 11.4. The van der Waals surface area contributed by atoms with Crippen LogP contribution in [0, 0.1) is 5.92 Å². The van der Waals surface area contributed by atoms with Crippen molar-refractivity contribution >= 4 is 5.78 Å². The lowest BCUT2D eigenvalue weighted by molar-refractivity contribution is -0.115. The van der Waals surface area contributed by atoms with Gasteiger partial charge in [-0.1, -0.05) is 6.58 Å². The summed E-state index contributed by atoms with van der Waals surface area (Å²) in [6, 6.07) is 0.608. The lowest BCUT2D eigenvalue weighted by Crippen LogP contribution is -2.40. The molecule has 0 bridgehead atoms. The molecule has 0 aromatic heterocycles. The third-order valence-electron chi connectivity index (χ3n) is 3.00. The highest BCUT2D eigenvalue weighted by molar-refractivity contribution is 5.89. The number of ketones is 1. The zero-order chi connectivity index (χ0) is 10.6. The number of nitrogens with zero attached hydrogens (tertiary/aromatic N) is 1. The van der Waals surface area contributed by atoms with Crippen LogP contribution in [0.1, 0.15) is 33.1 Å². The number of hydrogen-bond acceptors (Lipinski definition) is 2. The predicted octanol–water partition coefficient (Wildman–Crippen LogP) is 2.25. The number of carbonyl (C=O) groups is 1. The molecule has 2 nitrogen and oxygen atoms in total. The average molecular weight is 195 g/mol. The molecule has 1 aliphatic rings. The lowest BCUT2D eigenvalue weighted by Gasteiger charge is -2.35. The van der Waals surface area contributed by atoms with E-state index in [1.807, 2.05) is 0 Å². The van der Waals surface area contributed by atoms with Gasteiger partial charge in [0.25, 0.3) is 0 Å². The van der Waals surface area contributed by atoms with Crippen LogP contribution in [0.5, 0.6) is 0 Å². The second-order valence-electron chi connectivity index (χ2n) is 4.47. The van der Waals surface area contributed by atoms with Crippen LogP contribution < -0.4 is 0 Å². The van der Waals surface area contributed by atoms with E-state index in [1.165, 1.54) is 25.5 Å². The Morgan fingerprint density at radius 2 is 2.36 bits per heavy atom. The first-order chi connectivity index (χ1) is 6.63. The molecule has 0 saturated carbocycles. The van der Waals surface area contributed by atoms with Gasteiger partial charge >= 0.3 is 0 Å². The number of hydrogen-bond donors (Lipinski definition) is 0. The molecule has 0 amide bonds. The number of likely N-dealkylation sites (tertiary alicyclic amines) is 1. The van der Waals surface area contributed by atoms with Crippen LogP contribution in [-0.4, -0.2) is 29.8 Å². The molecular formula is C12H21NO. The van der Waals surface area contributed by atoms with E-state index in [9.17, 15) is 4.79 Å². The Kier molecular flexibility index (Phi) is 4.33. The van der Waals surface area contributed by atoms with Crippen molar-refractivity contribution in [2.45, 2.75) is 39.2 Å². The van der Waals surface area contributed by atoms with Gasteiger partial charge in [0.2, 0.25) is 0 Å². The largest absolute Gasteiger partial charge is 0.301 e. The fraction of sp³-hybridized carbons (Fsp3) is 0.750. The molecule has 1 atom stereocenters. The number of rotatable bonds is 4. The molecule has 1 fully saturated rings. The van der Waals surface area contributed by atoms with Crippen molar-refractivity contribution in [3.63, 3.8) is 0 Å². The van der Waals surface area contributed by atoms with Crippen LogP contribution in [0.3, 0.4) is 0 Å². The minimum atomic E-state index is 0.195. The van der Waals surface area contributed by atoms with Gasteiger partial charge in [0.15, 0.2) is 5.78 Å². The summed E-state index contributed by atoms with van der Waals surface area (Å²) in [7, 11) is 0. The van der Waals surface area contributed by atoms with E-state index in [4.69, 9.17) is 0 Å². The SMILES string of the molecule is C=CC(=O)C[C@H]1CCCN(C(C)C)C1. The van der Waals surface area contributed by atoms with Crippen LogP contribution in [0.15, 0.2) is 12.7 Å². The fourth-order valence-electron chi connectivity index (χ4n) is 2.10. The van der Waals surface area contributed by atoms with Gasteiger partial charge in [-0.25, -0.2) is 0 Å². The van der Waals surface area contributed by atoms with E-state index in [0.29, 0.717) is 18.4 Å². The van der Waals surface area contributed by atoms with Crippen molar-refractivity contribution in [3.05, 3.63) is 12.7 Å². The van der Waals surface area contributed by atoms with Gasteiger partial charge in [-0.05, 0) is 45.2 Å². The maximum atomic E-state index is 11.2. The number of allylic oxidation sites excluding steroid dienone is 1. The van der Waals surface area contributed by atoms with Crippen molar-refractivity contribution in [3.8, 4) is 0 Å². The zero-order valence-electron chi connectivity index (χ0n) is 9.33. The van der Waals surface area contributed by atoms with E-state index in [0.717, 1.165) is 6.54 Å². The smallest absolute Gasteiger partial charge is 0.155 e. The van der Waals surface area contributed by atoms with Gasteiger partial charge < -0.3 is 4.90 Å². The molecule has 1 heterocycles. The molecule has 1 aliphatic heterocycles. The molecule has 0 radical (unpaired) electrons. The molecule has 14 heavy (non-hydrogen) atoms. The molecule has 1 saturated heterocycles. The summed E-state index contributed by atoms with van der Waals surface area (Å²) >= 11 is 0. The van der Waals surface area contributed by atoms with Gasteiger partial charge in [0.05, 0.1) is 0 Å². The van der Waals surface area contributed by atoms with Gasteiger partial charge in [-0.15, -0.1) is 0 Å². The third kappa shape index (κ3) is 3.26. The molecule has 1 rings (SSSR count). The van der Waals surface area contributed by atoms with Crippen molar-refractivity contribution in [1.82, 2.24) is 4.90 Å². The second-order valence-corrected chi connectivity index (χ2v) is 4.47. The molecule has 80 valence electrons. The molecular weight excluding hydrogens is 174 g/mol. The Bertz CT molecular complexity index is 210. The first-order valence-corrected chi connectivity index (χ1v) is 5.52. The molecule has 2 heteroatoms. The van der Waals surface area contributed by atoms with Gasteiger partial charge in [-0.3, -0.25) is 4.79 Å². The summed E-state index contributed by atoms with van der Waals surface area (Å²) in [4.78, 5) is 13.7. The van der Waals surface area contributed by atoms with Gasteiger partial charge in [0, 0.05) is 19.0 Å². The Morgan fingerprint density at radius 1 is 1.64 bits per heavy atom. The molecule has 0 aliphatic carbocycles. The van der Waals surface area contributed by atoms with Crippen LogP contribution in [0.25, 0.3) is 0 Å². The molecule has 0 spiro atoms. The Labute approximate surface area is 87.0 Å². The summed E-state index contributed by atoms with van der Waals surface area (Å²) in [5.74, 6) is 0.747. The molecule has 0 aromatic rings. The first-order valence-electron chi connectivity index (χ1n) is 5.52. The van der Waals surface area contributed by atoms with E-state index >= 15 is 0 Å². The summed E-state index contributed by atoms with van der Waals surface area (Å²) in [5.41, 5.74) is 0. The Hall–Kier alpha value is -0.630. The Morgan fingerprint density at radius 3 is 2.93 bits per heavy atom. The van der Waals surface area contributed by atoms with Crippen LogP contribution in [0.4, 0.5) is 0 Å². The quantitative estimate of drug-likeness (QED) is 0.641. The van der Waals surface area contributed by atoms with E-state index in [2.05, 4.69) is 25.3 Å². The normalized spacial score (nSPS) is 23.8. The molecule has 0 N–H and O–H groups in total.